The van der Waals surface area contributed by atoms with Crippen molar-refractivity contribution in [1.29, 1.82) is 0 Å². The molecular weight excluding hydrogens is 168 g/mol. The molecule has 0 aliphatic rings. The molecule has 0 unspecified atom stereocenters. The van der Waals surface area contributed by atoms with Crippen molar-refractivity contribution in [3.8, 4) is 0 Å². The summed E-state index contributed by atoms with van der Waals surface area (Å²) >= 11 is 0. The van der Waals surface area contributed by atoms with Crippen molar-refractivity contribution in [2.24, 2.45) is 5.73 Å². The highest BCUT2D eigenvalue weighted by molar-refractivity contribution is 5.90. The maximum atomic E-state index is 11.3. The first-order valence-corrected chi connectivity index (χ1v) is 4.10. The van der Waals surface area contributed by atoms with Crippen molar-refractivity contribution < 1.29 is 9.53 Å². The van der Waals surface area contributed by atoms with Crippen molar-refractivity contribution in [3.63, 3.8) is 0 Å². The molecule has 1 aromatic rings. The van der Waals surface area contributed by atoms with E-state index in [2.05, 4.69) is 4.98 Å². The third-order valence-electron chi connectivity index (χ3n) is 1.58. The number of nitrogens with two attached hydrogens (primary N) is 1. The van der Waals surface area contributed by atoms with E-state index >= 15 is 0 Å². The first-order valence-electron chi connectivity index (χ1n) is 4.10. The lowest BCUT2D eigenvalue weighted by atomic mass is 10.2. The first-order chi connectivity index (χ1) is 6.29. The van der Waals surface area contributed by atoms with Crippen LogP contribution in [0.4, 0.5) is 0 Å². The number of carbonyl (C=O) groups is 1. The Morgan fingerprint density at radius 2 is 2.46 bits per heavy atom. The number of rotatable bonds is 3. The number of esters is 1. The predicted octanol–water partition coefficient (Wildman–Crippen LogP) is 0.717. The van der Waals surface area contributed by atoms with E-state index in [1.807, 2.05) is 0 Å². The minimum Gasteiger partial charge on any atom is -0.462 e. The molecule has 0 fully saturated rings. The molecule has 4 heteroatoms. The normalized spacial score (nSPS) is 9.69. The van der Waals surface area contributed by atoms with Crippen LogP contribution in [0.15, 0.2) is 18.3 Å². The number of nitrogens with zero attached hydrogens (tertiary/aromatic N) is 1. The summed E-state index contributed by atoms with van der Waals surface area (Å²) in [6.45, 7) is 2.36. The first kappa shape index (κ1) is 9.67. The number of hydrogen-bond acceptors (Lipinski definition) is 4. The SMILES string of the molecule is CCOC(=O)c1cccnc1CN. The standard InChI is InChI=1S/C9H12N2O2/c1-2-13-9(12)7-4-3-5-11-8(7)6-10/h3-5H,2,6,10H2,1H3. The van der Waals surface area contributed by atoms with Crippen LogP contribution < -0.4 is 5.73 Å². The molecule has 0 radical (unpaired) electrons. The summed E-state index contributed by atoms with van der Waals surface area (Å²) in [5, 5.41) is 0. The number of aromatic nitrogens is 1. The summed E-state index contributed by atoms with van der Waals surface area (Å²) in [5.74, 6) is -0.365. The number of ether oxygens (including phenoxy) is 1. The second kappa shape index (κ2) is 4.57. The molecule has 0 saturated carbocycles. The zero-order valence-corrected chi connectivity index (χ0v) is 7.49. The van der Waals surface area contributed by atoms with E-state index in [-0.39, 0.29) is 12.5 Å². The largest absolute Gasteiger partial charge is 0.462 e. The molecule has 0 spiro atoms. The number of carbonyl (C=O) groups excluding carboxylic acids is 1. The van der Waals surface area contributed by atoms with Gasteiger partial charge in [-0.3, -0.25) is 4.98 Å². The monoisotopic (exact) mass is 180 g/mol. The summed E-state index contributed by atoms with van der Waals surface area (Å²) in [6.07, 6.45) is 1.60. The van der Waals surface area contributed by atoms with Gasteiger partial charge in [-0.25, -0.2) is 4.79 Å². The van der Waals surface area contributed by atoms with Gasteiger partial charge in [0, 0.05) is 12.7 Å². The van der Waals surface area contributed by atoms with Crippen LogP contribution in [0, 0.1) is 0 Å². The van der Waals surface area contributed by atoms with Crippen LogP contribution in [-0.4, -0.2) is 17.6 Å². The molecule has 1 rings (SSSR count). The number of pyridine rings is 1. The summed E-state index contributed by atoms with van der Waals surface area (Å²) in [7, 11) is 0. The average molecular weight is 180 g/mol. The Kier molecular flexibility index (Phi) is 3.40. The van der Waals surface area contributed by atoms with Gasteiger partial charge in [0.25, 0.3) is 0 Å². The Morgan fingerprint density at radius 1 is 1.69 bits per heavy atom. The molecule has 0 amide bonds. The second-order valence-corrected chi connectivity index (χ2v) is 2.42. The maximum Gasteiger partial charge on any atom is 0.340 e. The summed E-state index contributed by atoms with van der Waals surface area (Å²) in [5.41, 5.74) is 6.44. The molecule has 0 aliphatic carbocycles. The van der Waals surface area contributed by atoms with E-state index in [0.29, 0.717) is 17.9 Å². The van der Waals surface area contributed by atoms with E-state index in [4.69, 9.17) is 10.5 Å². The van der Waals surface area contributed by atoms with E-state index in [9.17, 15) is 4.79 Å². The van der Waals surface area contributed by atoms with Gasteiger partial charge in [-0.15, -0.1) is 0 Å². The van der Waals surface area contributed by atoms with Crippen LogP contribution in [-0.2, 0) is 11.3 Å². The van der Waals surface area contributed by atoms with Gasteiger partial charge in [-0.05, 0) is 19.1 Å². The van der Waals surface area contributed by atoms with Gasteiger partial charge in [-0.1, -0.05) is 0 Å². The third kappa shape index (κ3) is 2.26. The lowest BCUT2D eigenvalue weighted by molar-refractivity contribution is 0.0524. The van der Waals surface area contributed by atoms with Crippen LogP contribution in [0.1, 0.15) is 23.0 Å². The topological polar surface area (TPSA) is 65.2 Å². The van der Waals surface area contributed by atoms with E-state index < -0.39 is 0 Å². The highest BCUT2D eigenvalue weighted by atomic mass is 16.5. The van der Waals surface area contributed by atoms with Gasteiger partial charge < -0.3 is 10.5 Å². The van der Waals surface area contributed by atoms with Gasteiger partial charge >= 0.3 is 5.97 Å². The van der Waals surface area contributed by atoms with Crippen LogP contribution in [0.2, 0.25) is 0 Å². The fourth-order valence-corrected chi connectivity index (χ4v) is 0.995. The lowest BCUT2D eigenvalue weighted by Crippen LogP contribution is -2.11. The highest BCUT2D eigenvalue weighted by Gasteiger charge is 2.10. The lowest BCUT2D eigenvalue weighted by Gasteiger charge is -2.04. The molecule has 1 heterocycles. The van der Waals surface area contributed by atoms with Crippen LogP contribution in [0.5, 0.6) is 0 Å². The Balaban J connectivity index is 2.92. The van der Waals surface area contributed by atoms with Crippen molar-refractivity contribution in [1.82, 2.24) is 4.98 Å². The smallest absolute Gasteiger partial charge is 0.340 e. The summed E-state index contributed by atoms with van der Waals surface area (Å²) < 4.78 is 4.84. The quantitative estimate of drug-likeness (QED) is 0.696. The molecule has 0 bridgehead atoms. The molecule has 0 aromatic carbocycles. The molecule has 0 saturated heterocycles. The summed E-state index contributed by atoms with van der Waals surface area (Å²) in [6, 6.07) is 3.35. The molecular formula is C9H12N2O2. The third-order valence-corrected chi connectivity index (χ3v) is 1.58. The Labute approximate surface area is 76.7 Å². The van der Waals surface area contributed by atoms with E-state index in [1.54, 1.807) is 25.3 Å². The average Bonchev–Trinajstić information content (AvgIpc) is 2.18. The Morgan fingerprint density at radius 3 is 3.08 bits per heavy atom. The van der Waals surface area contributed by atoms with Crippen molar-refractivity contribution in [2.75, 3.05) is 6.61 Å². The van der Waals surface area contributed by atoms with Gasteiger partial charge in [0.15, 0.2) is 0 Å². The van der Waals surface area contributed by atoms with Gasteiger partial charge in [-0.2, -0.15) is 0 Å². The fraction of sp³-hybridized carbons (Fsp3) is 0.333. The molecule has 2 N–H and O–H groups in total. The minimum absolute atomic E-state index is 0.245. The van der Waals surface area contributed by atoms with Gasteiger partial charge in [0.2, 0.25) is 0 Å². The molecule has 0 aliphatic heterocycles. The Hall–Kier alpha value is -1.42. The van der Waals surface area contributed by atoms with Gasteiger partial charge in [0.1, 0.15) is 0 Å². The predicted molar refractivity (Wildman–Crippen MR) is 48.1 cm³/mol. The van der Waals surface area contributed by atoms with Crippen LogP contribution >= 0.6 is 0 Å². The molecule has 4 nitrogen and oxygen atoms in total. The molecule has 70 valence electrons. The maximum absolute atomic E-state index is 11.3. The Bertz CT molecular complexity index is 299. The molecule has 13 heavy (non-hydrogen) atoms. The van der Waals surface area contributed by atoms with Crippen molar-refractivity contribution >= 4 is 5.97 Å². The molecule has 1 aromatic heterocycles. The molecule has 0 atom stereocenters. The van der Waals surface area contributed by atoms with Crippen molar-refractivity contribution in [3.05, 3.63) is 29.6 Å². The van der Waals surface area contributed by atoms with Gasteiger partial charge in [0.05, 0.1) is 17.9 Å². The minimum atomic E-state index is -0.365. The van der Waals surface area contributed by atoms with Crippen LogP contribution in [0.25, 0.3) is 0 Å². The fourth-order valence-electron chi connectivity index (χ4n) is 0.995. The van der Waals surface area contributed by atoms with Crippen molar-refractivity contribution in [2.45, 2.75) is 13.5 Å². The second-order valence-electron chi connectivity index (χ2n) is 2.42. The zero-order valence-electron chi connectivity index (χ0n) is 7.49. The zero-order chi connectivity index (χ0) is 9.68. The van der Waals surface area contributed by atoms with E-state index in [0.717, 1.165) is 0 Å². The summed E-state index contributed by atoms with van der Waals surface area (Å²) in [4.78, 5) is 15.3. The van der Waals surface area contributed by atoms with Crippen LogP contribution in [0.3, 0.4) is 0 Å². The van der Waals surface area contributed by atoms with E-state index in [1.165, 1.54) is 0 Å². The highest BCUT2D eigenvalue weighted by Crippen LogP contribution is 2.05. The number of hydrogen-bond donors (Lipinski definition) is 1.